The van der Waals surface area contributed by atoms with Crippen LogP contribution in [0.15, 0.2) is 5.57 Å². The molecule has 1 aromatic rings. The minimum atomic E-state index is -1.94. The van der Waals surface area contributed by atoms with E-state index in [9.17, 15) is 4.79 Å². The molecule has 0 aromatic heterocycles. The number of ketones is 1. The smallest absolute Gasteiger partial charge is 0.189 e. The summed E-state index contributed by atoms with van der Waals surface area (Å²) >= 11 is 0. The lowest BCUT2D eigenvalue weighted by molar-refractivity contribution is 0.103. The van der Waals surface area contributed by atoms with Crippen LogP contribution in [-0.2, 0) is 6.42 Å². The summed E-state index contributed by atoms with van der Waals surface area (Å²) in [6, 6.07) is 0. The Morgan fingerprint density at radius 2 is 1.43 bits per heavy atom. The zero-order chi connectivity index (χ0) is 20.6. The van der Waals surface area contributed by atoms with Gasteiger partial charge in [-0.25, -0.2) is 0 Å². The van der Waals surface area contributed by atoms with Gasteiger partial charge in [0.15, 0.2) is 5.78 Å². The van der Waals surface area contributed by atoms with Crippen molar-refractivity contribution in [2.24, 2.45) is 0 Å². The standard InChI is InChI=1S/C24H36O2Si2/c1-24(2,3)28(7,8)23-19-18(15-11-9-10-12-16(15)20(19)25)22(27(4,5)6)17-13-14-26-21(17)23/h9-14H2,1-8H3. The molecule has 0 N–H and O–H groups in total. The molecule has 3 aliphatic rings. The molecule has 28 heavy (non-hydrogen) atoms. The molecule has 1 aromatic carbocycles. The largest absolute Gasteiger partial charge is 0.493 e. The zero-order valence-corrected chi connectivity index (χ0v) is 21.1. The maximum absolute atomic E-state index is 13.8. The third kappa shape index (κ3) is 2.67. The van der Waals surface area contributed by atoms with E-state index < -0.39 is 16.1 Å². The number of ether oxygens (including phenoxy) is 1. The monoisotopic (exact) mass is 412 g/mol. The highest BCUT2D eigenvalue weighted by Gasteiger charge is 2.49. The van der Waals surface area contributed by atoms with Gasteiger partial charge in [0, 0.05) is 17.6 Å². The van der Waals surface area contributed by atoms with E-state index in [0.29, 0.717) is 5.78 Å². The Morgan fingerprint density at radius 3 is 2.00 bits per heavy atom. The Bertz CT molecular complexity index is 908. The van der Waals surface area contributed by atoms with Crippen molar-refractivity contribution >= 4 is 37.9 Å². The molecule has 0 radical (unpaired) electrons. The lowest BCUT2D eigenvalue weighted by atomic mass is 9.91. The van der Waals surface area contributed by atoms with Crippen LogP contribution in [0.25, 0.3) is 5.57 Å². The first-order chi connectivity index (χ1) is 12.9. The Hall–Kier alpha value is -1.14. The van der Waals surface area contributed by atoms with Crippen LogP contribution in [0.3, 0.4) is 0 Å². The Balaban J connectivity index is 2.16. The fraction of sp³-hybridized carbons (Fsp3) is 0.625. The Kier molecular flexibility index (Phi) is 4.45. The van der Waals surface area contributed by atoms with Gasteiger partial charge in [-0.05, 0) is 57.8 Å². The molecule has 152 valence electrons. The molecule has 1 aliphatic heterocycles. The summed E-state index contributed by atoms with van der Waals surface area (Å²) in [5.41, 5.74) is 6.49. The minimum absolute atomic E-state index is 0.171. The van der Waals surface area contributed by atoms with Crippen LogP contribution in [-0.4, -0.2) is 28.5 Å². The van der Waals surface area contributed by atoms with Crippen LogP contribution in [0.5, 0.6) is 5.75 Å². The molecule has 4 rings (SSSR count). The van der Waals surface area contributed by atoms with Crippen LogP contribution in [0.1, 0.15) is 67.9 Å². The van der Waals surface area contributed by atoms with Crippen molar-refractivity contribution in [1.29, 1.82) is 0 Å². The second-order valence-electron chi connectivity index (χ2n) is 11.5. The first-order valence-corrected chi connectivity index (χ1v) is 17.5. The summed E-state index contributed by atoms with van der Waals surface area (Å²) in [6.07, 6.45) is 5.45. The van der Waals surface area contributed by atoms with E-state index in [-0.39, 0.29) is 5.04 Å². The number of carbonyl (C=O) groups excluding carboxylic acids is 1. The summed E-state index contributed by atoms with van der Waals surface area (Å²) in [6.45, 7) is 20.1. The fourth-order valence-corrected chi connectivity index (χ4v) is 9.92. The maximum atomic E-state index is 13.8. The topological polar surface area (TPSA) is 26.3 Å². The van der Waals surface area contributed by atoms with E-state index >= 15 is 0 Å². The molecule has 0 fully saturated rings. The number of Topliss-reactive ketones (excluding diaryl/α,β-unsaturated/α-hetero) is 1. The lowest BCUT2D eigenvalue weighted by Crippen LogP contribution is -2.54. The SMILES string of the molecule is CC(C)(C)[Si](C)(C)c1c2c(c([Si](C)(C)C)c3c1C(=O)C1=C3CCCC1)CCO2. The molecule has 2 aliphatic carbocycles. The molecule has 4 heteroatoms. The maximum Gasteiger partial charge on any atom is 0.189 e. The first-order valence-electron chi connectivity index (χ1n) is 11.0. The van der Waals surface area contributed by atoms with Gasteiger partial charge in [-0.2, -0.15) is 0 Å². The highest BCUT2D eigenvalue weighted by molar-refractivity contribution is 6.94. The second-order valence-corrected chi connectivity index (χ2v) is 21.8. The summed E-state index contributed by atoms with van der Waals surface area (Å²) in [7, 11) is -3.57. The van der Waals surface area contributed by atoms with E-state index in [0.717, 1.165) is 49.2 Å². The molecule has 0 saturated carbocycles. The van der Waals surface area contributed by atoms with Crippen molar-refractivity contribution in [2.45, 2.75) is 90.6 Å². The van der Waals surface area contributed by atoms with Crippen molar-refractivity contribution in [3.8, 4) is 5.75 Å². The third-order valence-electron chi connectivity index (χ3n) is 7.67. The normalized spacial score (nSPS) is 19.5. The number of benzene rings is 1. The molecule has 0 unspecified atom stereocenters. The molecule has 0 amide bonds. The van der Waals surface area contributed by atoms with E-state index in [1.165, 1.54) is 33.5 Å². The van der Waals surface area contributed by atoms with E-state index in [2.05, 4.69) is 53.5 Å². The van der Waals surface area contributed by atoms with Gasteiger partial charge in [0.1, 0.15) is 5.75 Å². The van der Waals surface area contributed by atoms with Crippen LogP contribution < -0.4 is 15.1 Å². The molecule has 0 atom stereocenters. The van der Waals surface area contributed by atoms with Gasteiger partial charge in [-0.3, -0.25) is 4.79 Å². The van der Waals surface area contributed by atoms with Crippen LogP contribution in [0, 0.1) is 0 Å². The van der Waals surface area contributed by atoms with Crippen molar-refractivity contribution < 1.29 is 9.53 Å². The summed E-state index contributed by atoms with van der Waals surface area (Å²) in [4.78, 5) is 13.8. The van der Waals surface area contributed by atoms with Gasteiger partial charge in [0.05, 0.1) is 22.8 Å². The van der Waals surface area contributed by atoms with E-state index in [4.69, 9.17) is 4.74 Å². The summed E-state index contributed by atoms with van der Waals surface area (Å²) in [5.74, 6) is 1.47. The number of fused-ring (bicyclic) bond motifs is 3. The number of rotatable bonds is 2. The van der Waals surface area contributed by atoms with Gasteiger partial charge in [0.2, 0.25) is 0 Å². The number of carbonyl (C=O) groups is 1. The van der Waals surface area contributed by atoms with Gasteiger partial charge in [0.25, 0.3) is 0 Å². The predicted octanol–water partition coefficient (Wildman–Crippen LogP) is 5.41. The lowest BCUT2D eigenvalue weighted by Gasteiger charge is -2.40. The van der Waals surface area contributed by atoms with Crippen LogP contribution >= 0.6 is 0 Å². The second kappa shape index (κ2) is 6.18. The van der Waals surface area contributed by atoms with Gasteiger partial charge in [-0.1, -0.05) is 53.5 Å². The number of allylic oxidation sites excluding steroid dienone is 2. The average molecular weight is 413 g/mol. The van der Waals surface area contributed by atoms with Crippen LogP contribution in [0.4, 0.5) is 0 Å². The highest BCUT2D eigenvalue weighted by atomic mass is 28.3. The van der Waals surface area contributed by atoms with Crippen LogP contribution in [0.2, 0.25) is 37.8 Å². The Labute approximate surface area is 172 Å². The highest BCUT2D eigenvalue weighted by Crippen LogP contribution is 2.47. The molecule has 0 saturated heterocycles. The van der Waals surface area contributed by atoms with Gasteiger partial charge >= 0.3 is 0 Å². The average Bonchev–Trinajstić information content (AvgIpc) is 3.15. The minimum Gasteiger partial charge on any atom is -0.493 e. The Morgan fingerprint density at radius 1 is 0.821 bits per heavy atom. The van der Waals surface area contributed by atoms with Crippen molar-refractivity contribution in [3.63, 3.8) is 0 Å². The van der Waals surface area contributed by atoms with Crippen molar-refractivity contribution in [1.82, 2.24) is 0 Å². The number of hydrogen-bond acceptors (Lipinski definition) is 2. The number of hydrogen-bond donors (Lipinski definition) is 0. The zero-order valence-electron chi connectivity index (χ0n) is 19.1. The van der Waals surface area contributed by atoms with E-state index in [1.807, 2.05) is 0 Å². The molecular weight excluding hydrogens is 376 g/mol. The van der Waals surface area contributed by atoms with Crippen molar-refractivity contribution in [2.75, 3.05) is 6.61 Å². The summed E-state index contributed by atoms with van der Waals surface area (Å²) < 4.78 is 6.36. The molecule has 1 heterocycles. The summed E-state index contributed by atoms with van der Waals surface area (Å²) in [5, 5.41) is 3.05. The van der Waals surface area contributed by atoms with Gasteiger partial charge < -0.3 is 4.74 Å². The first kappa shape index (κ1) is 20.1. The third-order valence-corrected chi connectivity index (χ3v) is 15.2. The molecule has 0 spiro atoms. The van der Waals surface area contributed by atoms with Gasteiger partial charge in [-0.15, -0.1) is 0 Å². The molecule has 2 nitrogen and oxygen atoms in total. The van der Waals surface area contributed by atoms with Crippen molar-refractivity contribution in [3.05, 3.63) is 22.3 Å². The molecule has 0 bridgehead atoms. The fourth-order valence-electron chi connectivity index (χ4n) is 5.34. The molecular formula is C24H36O2Si2. The van der Waals surface area contributed by atoms with E-state index in [1.54, 1.807) is 0 Å². The quantitative estimate of drug-likeness (QED) is 0.607. The predicted molar refractivity (Wildman–Crippen MR) is 125 cm³/mol.